The average Bonchev–Trinajstić information content (AvgIpc) is 2.61. The van der Waals surface area contributed by atoms with Gasteiger partial charge in [-0.2, -0.15) is 0 Å². The van der Waals surface area contributed by atoms with Crippen LogP contribution in [0.1, 0.15) is 30.1 Å². The van der Waals surface area contributed by atoms with Gasteiger partial charge in [-0.15, -0.1) is 0 Å². The van der Waals surface area contributed by atoms with E-state index in [2.05, 4.69) is 10.6 Å². The number of carbonyl (C=O) groups is 3. The smallest absolute Gasteiger partial charge is 0.409 e. The summed E-state index contributed by atoms with van der Waals surface area (Å²) in [6, 6.07) is 8.76. The van der Waals surface area contributed by atoms with Crippen LogP contribution in [0.3, 0.4) is 0 Å². The maximum Gasteiger partial charge on any atom is 0.409 e. The summed E-state index contributed by atoms with van der Waals surface area (Å²) in [6.45, 7) is 3.18. The first-order valence-electron chi connectivity index (χ1n) is 8.14. The SMILES string of the molecule is CCOC(=O)N1CCC(NC(=O)CNC(=O)c2ccccc2)CC1. The molecular weight excluding hydrogens is 310 g/mol. The van der Waals surface area contributed by atoms with Gasteiger partial charge in [-0.3, -0.25) is 9.59 Å². The average molecular weight is 333 g/mol. The Kier molecular flexibility index (Phi) is 6.60. The van der Waals surface area contributed by atoms with Crippen LogP contribution in [0, 0.1) is 0 Å². The van der Waals surface area contributed by atoms with Gasteiger partial charge >= 0.3 is 6.09 Å². The monoisotopic (exact) mass is 333 g/mol. The number of piperidine rings is 1. The highest BCUT2D eigenvalue weighted by atomic mass is 16.6. The molecule has 2 rings (SSSR count). The van der Waals surface area contributed by atoms with Crippen molar-refractivity contribution in [3.8, 4) is 0 Å². The highest BCUT2D eigenvalue weighted by molar-refractivity contribution is 5.96. The van der Waals surface area contributed by atoms with Gasteiger partial charge in [0.05, 0.1) is 13.2 Å². The zero-order valence-corrected chi connectivity index (χ0v) is 13.8. The molecule has 1 aromatic carbocycles. The molecule has 0 saturated carbocycles. The number of carbonyl (C=O) groups excluding carboxylic acids is 3. The number of hydrogen-bond acceptors (Lipinski definition) is 4. The predicted octanol–water partition coefficient (Wildman–Crippen LogP) is 1.15. The summed E-state index contributed by atoms with van der Waals surface area (Å²) in [5.41, 5.74) is 0.521. The second-order valence-electron chi connectivity index (χ2n) is 5.58. The van der Waals surface area contributed by atoms with Crippen LogP contribution >= 0.6 is 0 Å². The van der Waals surface area contributed by atoms with Gasteiger partial charge in [0.25, 0.3) is 5.91 Å². The van der Waals surface area contributed by atoms with E-state index in [1.54, 1.807) is 36.1 Å². The van der Waals surface area contributed by atoms with E-state index in [9.17, 15) is 14.4 Å². The zero-order chi connectivity index (χ0) is 17.4. The normalized spacial score (nSPS) is 14.8. The van der Waals surface area contributed by atoms with Crippen LogP contribution in [-0.4, -0.2) is 55.1 Å². The van der Waals surface area contributed by atoms with Gasteiger partial charge in [-0.05, 0) is 31.9 Å². The fourth-order valence-corrected chi connectivity index (χ4v) is 2.55. The van der Waals surface area contributed by atoms with Crippen LogP contribution in [0.2, 0.25) is 0 Å². The first-order chi connectivity index (χ1) is 11.6. The van der Waals surface area contributed by atoms with Crippen molar-refractivity contribution in [1.29, 1.82) is 0 Å². The van der Waals surface area contributed by atoms with Crippen LogP contribution in [0.15, 0.2) is 30.3 Å². The summed E-state index contributed by atoms with van der Waals surface area (Å²) in [5.74, 6) is -0.503. The van der Waals surface area contributed by atoms with Gasteiger partial charge < -0.3 is 20.3 Å². The Balaban J connectivity index is 1.68. The Labute approximate surface area is 141 Å². The Morgan fingerprint density at radius 3 is 2.46 bits per heavy atom. The van der Waals surface area contributed by atoms with Gasteiger partial charge in [0.15, 0.2) is 0 Å². The first kappa shape index (κ1) is 17.8. The van der Waals surface area contributed by atoms with Crippen molar-refractivity contribution in [1.82, 2.24) is 15.5 Å². The molecule has 0 aliphatic carbocycles. The van der Waals surface area contributed by atoms with Crippen molar-refractivity contribution in [2.45, 2.75) is 25.8 Å². The molecule has 24 heavy (non-hydrogen) atoms. The third-order valence-corrected chi connectivity index (χ3v) is 3.83. The molecule has 130 valence electrons. The fourth-order valence-electron chi connectivity index (χ4n) is 2.55. The number of ether oxygens (including phenoxy) is 1. The lowest BCUT2D eigenvalue weighted by molar-refractivity contribution is -0.121. The van der Waals surface area contributed by atoms with Crippen molar-refractivity contribution in [2.75, 3.05) is 26.2 Å². The highest BCUT2D eigenvalue weighted by Gasteiger charge is 2.24. The van der Waals surface area contributed by atoms with Crippen molar-refractivity contribution in [3.05, 3.63) is 35.9 Å². The van der Waals surface area contributed by atoms with E-state index in [1.807, 2.05) is 6.07 Å². The molecule has 7 nitrogen and oxygen atoms in total. The van der Waals surface area contributed by atoms with E-state index >= 15 is 0 Å². The largest absolute Gasteiger partial charge is 0.450 e. The van der Waals surface area contributed by atoms with Crippen LogP contribution < -0.4 is 10.6 Å². The Morgan fingerprint density at radius 1 is 1.17 bits per heavy atom. The van der Waals surface area contributed by atoms with Crippen LogP contribution in [0.4, 0.5) is 4.79 Å². The lowest BCUT2D eigenvalue weighted by Gasteiger charge is -2.31. The molecule has 1 aliphatic heterocycles. The van der Waals surface area contributed by atoms with Crippen molar-refractivity contribution < 1.29 is 19.1 Å². The molecule has 1 saturated heterocycles. The molecule has 3 amide bonds. The van der Waals surface area contributed by atoms with Crippen molar-refractivity contribution >= 4 is 17.9 Å². The topological polar surface area (TPSA) is 87.7 Å². The summed E-state index contributed by atoms with van der Waals surface area (Å²) in [5, 5.41) is 5.48. The molecule has 1 heterocycles. The standard InChI is InChI=1S/C17H23N3O4/c1-2-24-17(23)20-10-8-14(9-11-20)19-15(21)12-18-16(22)13-6-4-3-5-7-13/h3-7,14H,2,8-12H2,1H3,(H,18,22)(H,19,21). The second-order valence-corrected chi connectivity index (χ2v) is 5.58. The molecule has 0 bridgehead atoms. The zero-order valence-electron chi connectivity index (χ0n) is 13.8. The quantitative estimate of drug-likeness (QED) is 0.846. The van der Waals surface area contributed by atoms with Crippen molar-refractivity contribution in [3.63, 3.8) is 0 Å². The summed E-state index contributed by atoms with van der Waals surface area (Å²) >= 11 is 0. The summed E-state index contributed by atoms with van der Waals surface area (Å²) in [6.07, 6.45) is 1.05. The minimum Gasteiger partial charge on any atom is -0.450 e. The van der Waals surface area contributed by atoms with Crippen molar-refractivity contribution in [2.24, 2.45) is 0 Å². The molecule has 0 spiro atoms. The number of nitrogens with one attached hydrogen (secondary N) is 2. The van der Waals surface area contributed by atoms with Crippen LogP contribution in [0.25, 0.3) is 0 Å². The molecule has 0 radical (unpaired) electrons. The predicted molar refractivity (Wildman–Crippen MR) is 88.5 cm³/mol. The number of likely N-dealkylation sites (tertiary alicyclic amines) is 1. The van der Waals surface area contributed by atoms with Crippen LogP contribution in [0.5, 0.6) is 0 Å². The third kappa shape index (κ3) is 5.26. The molecule has 1 aromatic rings. The van der Waals surface area contributed by atoms with E-state index in [4.69, 9.17) is 4.74 Å². The molecule has 1 fully saturated rings. The lowest BCUT2D eigenvalue weighted by atomic mass is 10.1. The summed E-state index contributed by atoms with van der Waals surface area (Å²) in [4.78, 5) is 37.1. The minimum absolute atomic E-state index is 0.0109. The second kappa shape index (κ2) is 8.90. The molecule has 7 heteroatoms. The lowest BCUT2D eigenvalue weighted by Crippen LogP contribution is -2.48. The number of rotatable bonds is 5. The van der Waals surface area contributed by atoms with Gasteiger partial charge in [-0.1, -0.05) is 18.2 Å². The third-order valence-electron chi connectivity index (χ3n) is 3.83. The Bertz CT molecular complexity index is 568. The van der Waals surface area contributed by atoms with Gasteiger partial charge in [-0.25, -0.2) is 4.79 Å². The van der Waals surface area contributed by atoms with Crippen LogP contribution in [-0.2, 0) is 9.53 Å². The fraction of sp³-hybridized carbons (Fsp3) is 0.471. The molecule has 0 aromatic heterocycles. The molecule has 1 aliphatic rings. The number of benzene rings is 1. The van der Waals surface area contributed by atoms with E-state index in [0.717, 1.165) is 0 Å². The maximum absolute atomic E-state index is 11.9. The van der Waals surface area contributed by atoms with E-state index in [-0.39, 0.29) is 30.5 Å². The van der Waals surface area contributed by atoms with E-state index in [1.165, 1.54) is 0 Å². The van der Waals surface area contributed by atoms with Gasteiger partial charge in [0.2, 0.25) is 5.91 Å². The molecule has 2 N–H and O–H groups in total. The first-order valence-corrected chi connectivity index (χ1v) is 8.14. The Hall–Kier alpha value is -2.57. The Morgan fingerprint density at radius 2 is 1.83 bits per heavy atom. The van der Waals surface area contributed by atoms with E-state index < -0.39 is 0 Å². The number of nitrogens with zero attached hydrogens (tertiary/aromatic N) is 1. The van der Waals surface area contributed by atoms with Gasteiger partial charge in [0.1, 0.15) is 0 Å². The van der Waals surface area contributed by atoms with E-state index in [0.29, 0.717) is 38.1 Å². The molecule has 0 atom stereocenters. The molecular formula is C17H23N3O4. The van der Waals surface area contributed by atoms with Gasteiger partial charge in [0, 0.05) is 24.7 Å². The highest BCUT2D eigenvalue weighted by Crippen LogP contribution is 2.11. The molecule has 0 unspecified atom stereocenters. The summed E-state index contributed by atoms with van der Waals surface area (Å²) in [7, 11) is 0. The number of amides is 3. The summed E-state index contributed by atoms with van der Waals surface area (Å²) < 4.78 is 4.96. The number of hydrogen-bond donors (Lipinski definition) is 2. The maximum atomic E-state index is 11.9. The minimum atomic E-state index is -0.308.